The van der Waals surface area contributed by atoms with Crippen LogP contribution in [0.25, 0.3) is 0 Å². The smallest absolute Gasteiger partial charge is 0.145 e. The maximum Gasteiger partial charge on any atom is 0.145 e. The highest BCUT2D eigenvalue weighted by Crippen LogP contribution is 2.27. The number of hydrogen-bond acceptors (Lipinski definition) is 1. The van der Waals surface area contributed by atoms with Gasteiger partial charge in [-0.25, -0.2) is 4.39 Å². The zero-order chi connectivity index (χ0) is 13.8. The van der Waals surface area contributed by atoms with E-state index in [1.165, 1.54) is 0 Å². The Labute approximate surface area is 122 Å². The molecule has 0 aliphatic carbocycles. The third kappa shape index (κ3) is 3.27. The van der Waals surface area contributed by atoms with Crippen LogP contribution in [0.15, 0.2) is 42.5 Å². The predicted molar refractivity (Wildman–Crippen MR) is 78.4 cm³/mol. The van der Waals surface area contributed by atoms with E-state index in [4.69, 9.17) is 23.2 Å². The lowest BCUT2D eigenvalue weighted by Gasteiger charge is -2.18. The Morgan fingerprint density at radius 3 is 2.42 bits per heavy atom. The lowest BCUT2D eigenvalue weighted by Crippen LogP contribution is -2.19. The zero-order valence-electron chi connectivity index (χ0n) is 10.5. The quantitative estimate of drug-likeness (QED) is 0.867. The van der Waals surface area contributed by atoms with Gasteiger partial charge in [-0.1, -0.05) is 53.5 Å². The fourth-order valence-electron chi connectivity index (χ4n) is 2.05. The van der Waals surface area contributed by atoms with Gasteiger partial charge in [0.1, 0.15) is 5.82 Å². The molecule has 1 nitrogen and oxygen atoms in total. The lowest BCUT2D eigenvalue weighted by atomic mass is 9.98. The van der Waals surface area contributed by atoms with Gasteiger partial charge < -0.3 is 5.32 Å². The Balaban J connectivity index is 2.30. The van der Waals surface area contributed by atoms with Gasteiger partial charge in [0.15, 0.2) is 0 Å². The molecule has 0 saturated heterocycles. The number of halogens is 3. The summed E-state index contributed by atoms with van der Waals surface area (Å²) in [5.41, 5.74) is 1.53. The van der Waals surface area contributed by atoms with Crippen LogP contribution in [0, 0.1) is 5.82 Å². The van der Waals surface area contributed by atoms with Crippen molar-refractivity contribution < 1.29 is 4.39 Å². The molecule has 0 amide bonds. The van der Waals surface area contributed by atoms with Crippen LogP contribution in [-0.4, -0.2) is 7.05 Å². The van der Waals surface area contributed by atoms with Crippen molar-refractivity contribution in [1.29, 1.82) is 0 Å². The minimum absolute atomic E-state index is 0.0540. The molecule has 4 heteroatoms. The van der Waals surface area contributed by atoms with Crippen molar-refractivity contribution in [3.8, 4) is 0 Å². The van der Waals surface area contributed by atoms with Gasteiger partial charge in [0.25, 0.3) is 0 Å². The molecule has 100 valence electrons. The fraction of sp³-hybridized carbons (Fsp3) is 0.200. The van der Waals surface area contributed by atoms with E-state index in [9.17, 15) is 4.39 Å². The van der Waals surface area contributed by atoms with Crippen LogP contribution in [0.3, 0.4) is 0 Å². The van der Waals surface area contributed by atoms with Gasteiger partial charge in [0, 0.05) is 11.1 Å². The number of likely N-dealkylation sites (N-methyl/N-ethyl adjacent to an activating group) is 1. The predicted octanol–water partition coefficient (Wildman–Crippen LogP) is 4.64. The summed E-state index contributed by atoms with van der Waals surface area (Å²) in [5, 5.41) is 3.98. The minimum Gasteiger partial charge on any atom is -0.313 e. The van der Waals surface area contributed by atoms with E-state index < -0.39 is 0 Å². The monoisotopic (exact) mass is 297 g/mol. The molecule has 0 saturated carbocycles. The van der Waals surface area contributed by atoms with E-state index >= 15 is 0 Å². The van der Waals surface area contributed by atoms with Gasteiger partial charge in [-0.15, -0.1) is 0 Å². The SMILES string of the molecule is CNC(Cc1cccc(Cl)c1F)c1ccccc1Cl. The third-order valence-corrected chi connectivity index (χ3v) is 3.72. The molecule has 0 fully saturated rings. The lowest BCUT2D eigenvalue weighted by molar-refractivity contribution is 0.555. The van der Waals surface area contributed by atoms with Gasteiger partial charge in [-0.3, -0.25) is 0 Å². The molecule has 0 heterocycles. The number of benzene rings is 2. The number of nitrogens with one attached hydrogen (secondary N) is 1. The summed E-state index contributed by atoms with van der Waals surface area (Å²) >= 11 is 12.0. The number of hydrogen-bond donors (Lipinski definition) is 1. The molecule has 0 aliphatic rings. The molecule has 1 N–H and O–H groups in total. The Kier molecular flexibility index (Phi) is 4.81. The van der Waals surface area contributed by atoms with E-state index in [1.54, 1.807) is 18.2 Å². The molecular formula is C15H14Cl2FN. The summed E-state index contributed by atoms with van der Waals surface area (Å²) in [5.74, 6) is -0.364. The maximum absolute atomic E-state index is 13.9. The average molecular weight is 298 g/mol. The Morgan fingerprint density at radius 2 is 1.74 bits per heavy atom. The Bertz CT molecular complexity index is 572. The Morgan fingerprint density at radius 1 is 1.05 bits per heavy atom. The van der Waals surface area contributed by atoms with Crippen molar-refractivity contribution in [1.82, 2.24) is 5.32 Å². The third-order valence-electron chi connectivity index (χ3n) is 3.08. The summed E-state index contributed by atoms with van der Waals surface area (Å²) in [4.78, 5) is 0. The summed E-state index contributed by atoms with van der Waals surface area (Å²) in [6.07, 6.45) is 0.493. The molecule has 1 unspecified atom stereocenters. The zero-order valence-corrected chi connectivity index (χ0v) is 12.0. The van der Waals surface area contributed by atoms with Gasteiger partial charge in [0.2, 0.25) is 0 Å². The molecule has 19 heavy (non-hydrogen) atoms. The number of rotatable bonds is 4. The van der Waals surface area contributed by atoms with E-state index in [2.05, 4.69) is 5.32 Å². The van der Waals surface area contributed by atoms with E-state index in [0.717, 1.165) is 5.56 Å². The molecule has 2 aromatic rings. The van der Waals surface area contributed by atoms with Crippen molar-refractivity contribution in [3.63, 3.8) is 0 Å². The van der Waals surface area contributed by atoms with Gasteiger partial charge in [-0.2, -0.15) is 0 Å². The molecule has 0 radical (unpaired) electrons. The van der Waals surface area contributed by atoms with Crippen LogP contribution in [0.1, 0.15) is 17.2 Å². The topological polar surface area (TPSA) is 12.0 Å². The summed E-state index contributed by atoms with van der Waals surface area (Å²) in [6, 6.07) is 12.5. The maximum atomic E-state index is 13.9. The Hall–Kier alpha value is -1.09. The molecule has 2 aromatic carbocycles. The first kappa shape index (κ1) is 14.3. The van der Waals surface area contributed by atoms with Gasteiger partial charge in [0.05, 0.1) is 5.02 Å². The molecule has 0 aliphatic heterocycles. The van der Waals surface area contributed by atoms with Crippen molar-refractivity contribution in [2.75, 3.05) is 7.05 Å². The first-order chi connectivity index (χ1) is 9.13. The molecule has 0 bridgehead atoms. The normalized spacial score (nSPS) is 12.4. The molecular weight excluding hydrogens is 284 g/mol. The van der Waals surface area contributed by atoms with Gasteiger partial charge in [-0.05, 0) is 36.7 Å². The minimum atomic E-state index is -0.364. The standard InChI is InChI=1S/C15H14Cl2FN/c1-19-14(11-6-2-3-7-12(11)16)9-10-5-4-8-13(17)15(10)18/h2-8,14,19H,9H2,1H3. The van der Waals surface area contributed by atoms with Crippen LogP contribution in [0.5, 0.6) is 0 Å². The van der Waals surface area contributed by atoms with E-state index in [0.29, 0.717) is 17.0 Å². The van der Waals surface area contributed by atoms with Crippen molar-refractivity contribution in [2.45, 2.75) is 12.5 Å². The van der Waals surface area contributed by atoms with Crippen LogP contribution in [-0.2, 0) is 6.42 Å². The highest BCUT2D eigenvalue weighted by Gasteiger charge is 2.16. The second-order valence-corrected chi connectivity index (χ2v) is 5.09. The molecule has 0 aromatic heterocycles. The highest BCUT2D eigenvalue weighted by atomic mass is 35.5. The van der Waals surface area contributed by atoms with Crippen LogP contribution < -0.4 is 5.32 Å². The van der Waals surface area contributed by atoms with E-state index in [1.807, 2.05) is 31.3 Å². The van der Waals surface area contributed by atoms with Crippen molar-refractivity contribution in [2.24, 2.45) is 0 Å². The highest BCUT2D eigenvalue weighted by molar-refractivity contribution is 6.31. The summed E-state index contributed by atoms with van der Waals surface area (Å²) < 4.78 is 13.9. The largest absolute Gasteiger partial charge is 0.313 e. The van der Waals surface area contributed by atoms with Crippen molar-refractivity contribution >= 4 is 23.2 Å². The summed E-state index contributed by atoms with van der Waals surface area (Å²) in [7, 11) is 1.83. The molecule has 2 rings (SSSR count). The summed E-state index contributed by atoms with van der Waals surface area (Å²) in [6.45, 7) is 0. The first-order valence-corrected chi connectivity index (χ1v) is 6.73. The molecule has 1 atom stereocenters. The second kappa shape index (κ2) is 6.38. The van der Waals surface area contributed by atoms with Crippen LogP contribution >= 0.6 is 23.2 Å². The second-order valence-electron chi connectivity index (χ2n) is 4.28. The van der Waals surface area contributed by atoms with E-state index in [-0.39, 0.29) is 16.9 Å². The van der Waals surface area contributed by atoms with Crippen LogP contribution in [0.2, 0.25) is 10.0 Å². The molecule has 0 spiro atoms. The van der Waals surface area contributed by atoms with Gasteiger partial charge >= 0.3 is 0 Å². The van der Waals surface area contributed by atoms with Crippen LogP contribution in [0.4, 0.5) is 4.39 Å². The fourth-order valence-corrected chi connectivity index (χ4v) is 2.51. The average Bonchev–Trinajstić information content (AvgIpc) is 2.41. The van der Waals surface area contributed by atoms with Crippen molar-refractivity contribution in [3.05, 3.63) is 69.5 Å². The first-order valence-electron chi connectivity index (χ1n) is 5.98.